The van der Waals surface area contributed by atoms with Gasteiger partial charge in [0, 0.05) is 24.0 Å². The number of nitrogens with zero attached hydrogens (tertiary/aromatic N) is 1. The summed E-state index contributed by atoms with van der Waals surface area (Å²) in [6, 6.07) is 12.2. The minimum absolute atomic E-state index is 0.0147. The molecule has 1 saturated carbocycles. The van der Waals surface area contributed by atoms with Gasteiger partial charge in [-0.05, 0) is 58.9 Å². The molecule has 0 saturated heterocycles. The quantitative estimate of drug-likeness (QED) is 0.329. The number of hydrogen-bond acceptors (Lipinski definition) is 4. The number of Topliss-reactive ketones (excluding diaryl/α,β-unsaturated/α-hetero) is 2. The van der Waals surface area contributed by atoms with Crippen LogP contribution in [0.2, 0.25) is 0 Å². The lowest BCUT2D eigenvalue weighted by Crippen LogP contribution is -2.34. The summed E-state index contributed by atoms with van der Waals surface area (Å²) in [4.78, 5) is 24.2. The molecule has 2 N–H and O–H groups in total. The van der Waals surface area contributed by atoms with E-state index in [9.17, 15) is 9.59 Å². The number of benzene rings is 2. The second-order valence-corrected chi connectivity index (χ2v) is 10.4. The highest BCUT2D eigenvalue weighted by Crippen LogP contribution is 2.46. The first-order valence-electron chi connectivity index (χ1n) is 11.1. The molecule has 2 aliphatic rings. The highest BCUT2D eigenvalue weighted by atomic mass is 16.2. The Morgan fingerprint density at radius 3 is 1.94 bits per heavy atom. The molecule has 2 aliphatic carbocycles. The lowest BCUT2D eigenvalue weighted by Gasteiger charge is -2.42. The summed E-state index contributed by atoms with van der Waals surface area (Å²) in [6.07, 6.45) is 3.01. The summed E-state index contributed by atoms with van der Waals surface area (Å²) < 4.78 is 0. The van der Waals surface area contributed by atoms with Crippen molar-refractivity contribution in [2.45, 2.75) is 77.0 Å². The van der Waals surface area contributed by atoms with Gasteiger partial charge in [-0.1, -0.05) is 58.0 Å². The van der Waals surface area contributed by atoms with Gasteiger partial charge < -0.3 is 5.84 Å². The van der Waals surface area contributed by atoms with Crippen LogP contribution in [0.25, 0.3) is 0 Å². The number of ketones is 2. The van der Waals surface area contributed by atoms with E-state index in [1.165, 1.54) is 17.5 Å². The third-order valence-electron chi connectivity index (χ3n) is 7.36. The van der Waals surface area contributed by atoms with Gasteiger partial charge in [0.05, 0.1) is 5.71 Å². The standard InChI is InChI=1S/C27H32N2O2/c1-16-14-20-21(27(4,5)13-12-26(20,2)3)15-19(16)25(29-28)18-8-6-17(7-9-18)24-22(30)10-11-23(24)31/h6-9,14-15,24H,10-13,28H2,1-5H3/b29-25+. The molecule has 1 fully saturated rings. The molecule has 0 heterocycles. The van der Waals surface area contributed by atoms with E-state index in [1.807, 2.05) is 24.3 Å². The molecule has 2 aromatic carbocycles. The van der Waals surface area contributed by atoms with Crippen LogP contribution in [0.5, 0.6) is 0 Å². The molecule has 0 spiro atoms. The number of nitrogens with two attached hydrogens (primary N) is 1. The molecule has 31 heavy (non-hydrogen) atoms. The van der Waals surface area contributed by atoms with Crippen LogP contribution in [0.1, 0.15) is 92.7 Å². The Hall–Kier alpha value is -2.75. The molecule has 162 valence electrons. The zero-order valence-corrected chi connectivity index (χ0v) is 19.2. The first kappa shape index (κ1) is 21.5. The van der Waals surface area contributed by atoms with E-state index < -0.39 is 5.92 Å². The fourth-order valence-corrected chi connectivity index (χ4v) is 5.20. The molecule has 0 amide bonds. The molecule has 4 nitrogen and oxygen atoms in total. The fourth-order valence-electron chi connectivity index (χ4n) is 5.20. The van der Waals surface area contributed by atoms with Crippen LogP contribution in [-0.4, -0.2) is 17.3 Å². The lowest BCUT2D eigenvalue weighted by molar-refractivity contribution is -0.123. The number of hydrogen-bond donors (Lipinski definition) is 1. The highest BCUT2D eigenvalue weighted by Gasteiger charge is 2.38. The van der Waals surface area contributed by atoms with Crippen molar-refractivity contribution in [2.75, 3.05) is 0 Å². The second kappa shape index (κ2) is 7.44. The van der Waals surface area contributed by atoms with Crippen molar-refractivity contribution in [1.29, 1.82) is 0 Å². The Balaban J connectivity index is 1.75. The molecule has 0 radical (unpaired) electrons. The summed E-state index contributed by atoms with van der Waals surface area (Å²) in [5.74, 6) is 5.31. The van der Waals surface area contributed by atoms with E-state index >= 15 is 0 Å². The maximum Gasteiger partial charge on any atom is 0.148 e. The first-order chi connectivity index (χ1) is 14.5. The molecular weight excluding hydrogens is 384 g/mol. The molecule has 4 rings (SSSR count). The van der Waals surface area contributed by atoms with E-state index in [1.54, 1.807) is 0 Å². The van der Waals surface area contributed by atoms with Gasteiger partial charge in [0.15, 0.2) is 0 Å². The van der Waals surface area contributed by atoms with Gasteiger partial charge in [0.1, 0.15) is 17.5 Å². The molecule has 0 unspecified atom stereocenters. The van der Waals surface area contributed by atoms with Crippen LogP contribution in [-0.2, 0) is 20.4 Å². The van der Waals surface area contributed by atoms with Crippen molar-refractivity contribution >= 4 is 17.3 Å². The molecule has 0 atom stereocenters. The van der Waals surface area contributed by atoms with Crippen LogP contribution in [0.15, 0.2) is 41.5 Å². The number of aryl methyl sites for hydroxylation is 1. The smallest absolute Gasteiger partial charge is 0.148 e. The fraction of sp³-hybridized carbons (Fsp3) is 0.444. The minimum atomic E-state index is -0.610. The summed E-state index contributed by atoms with van der Waals surface area (Å²) in [7, 11) is 0. The largest absolute Gasteiger partial charge is 0.323 e. The van der Waals surface area contributed by atoms with Crippen LogP contribution in [0.4, 0.5) is 0 Å². The number of rotatable bonds is 3. The topological polar surface area (TPSA) is 72.5 Å². The Bertz CT molecular complexity index is 1070. The van der Waals surface area contributed by atoms with E-state index in [4.69, 9.17) is 5.84 Å². The van der Waals surface area contributed by atoms with Crippen molar-refractivity contribution in [3.05, 3.63) is 69.8 Å². The third-order valence-corrected chi connectivity index (χ3v) is 7.36. The predicted molar refractivity (Wildman–Crippen MR) is 125 cm³/mol. The molecule has 4 heteroatoms. The second-order valence-electron chi connectivity index (χ2n) is 10.4. The van der Waals surface area contributed by atoms with Crippen LogP contribution >= 0.6 is 0 Å². The number of carbonyl (C=O) groups is 2. The zero-order chi connectivity index (χ0) is 22.6. The SMILES string of the molecule is Cc1cc2c(cc1/C(=N/N)c1ccc(C3C(=O)CCC3=O)cc1)C(C)(C)CCC2(C)C. The van der Waals surface area contributed by atoms with Crippen molar-refractivity contribution in [1.82, 2.24) is 0 Å². The van der Waals surface area contributed by atoms with Crippen LogP contribution < -0.4 is 5.84 Å². The van der Waals surface area contributed by atoms with Gasteiger partial charge in [-0.2, -0.15) is 5.10 Å². The van der Waals surface area contributed by atoms with Crippen LogP contribution in [0.3, 0.4) is 0 Å². The molecule has 0 aromatic heterocycles. The maximum atomic E-state index is 12.1. The minimum Gasteiger partial charge on any atom is -0.323 e. The van der Waals surface area contributed by atoms with Crippen molar-refractivity contribution in [3.63, 3.8) is 0 Å². The summed E-state index contributed by atoms with van der Waals surface area (Å²) in [5.41, 5.74) is 7.59. The van der Waals surface area contributed by atoms with Crippen molar-refractivity contribution in [2.24, 2.45) is 10.9 Å². The van der Waals surface area contributed by atoms with Crippen molar-refractivity contribution < 1.29 is 9.59 Å². The van der Waals surface area contributed by atoms with E-state index in [0.29, 0.717) is 12.8 Å². The Kier molecular flexibility index (Phi) is 5.15. The summed E-state index contributed by atoms with van der Waals surface area (Å²) >= 11 is 0. The molecular formula is C27H32N2O2. The average Bonchev–Trinajstić information content (AvgIpc) is 3.06. The zero-order valence-electron chi connectivity index (χ0n) is 19.2. The molecule has 0 bridgehead atoms. The van der Waals surface area contributed by atoms with E-state index in [-0.39, 0.29) is 22.4 Å². The van der Waals surface area contributed by atoms with E-state index in [0.717, 1.165) is 34.4 Å². The summed E-state index contributed by atoms with van der Waals surface area (Å²) in [5, 5.41) is 4.16. The normalized spacial score (nSPS) is 20.7. The van der Waals surface area contributed by atoms with Gasteiger partial charge in [-0.15, -0.1) is 0 Å². The van der Waals surface area contributed by atoms with Gasteiger partial charge >= 0.3 is 0 Å². The van der Waals surface area contributed by atoms with Crippen LogP contribution in [0, 0.1) is 6.92 Å². The number of fused-ring (bicyclic) bond motifs is 1. The predicted octanol–water partition coefficient (Wildman–Crippen LogP) is 5.07. The average molecular weight is 417 g/mol. The Labute approximate surface area is 184 Å². The van der Waals surface area contributed by atoms with Gasteiger partial charge in [-0.25, -0.2) is 0 Å². The van der Waals surface area contributed by atoms with Crippen molar-refractivity contribution in [3.8, 4) is 0 Å². The van der Waals surface area contributed by atoms with Gasteiger partial charge in [0.25, 0.3) is 0 Å². The maximum absolute atomic E-state index is 12.1. The van der Waals surface area contributed by atoms with E-state index in [2.05, 4.69) is 51.9 Å². The number of carbonyl (C=O) groups excluding carboxylic acids is 2. The Morgan fingerprint density at radius 2 is 1.42 bits per heavy atom. The molecule has 0 aliphatic heterocycles. The highest BCUT2D eigenvalue weighted by molar-refractivity contribution is 6.15. The number of hydrazone groups is 1. The van der Waals surface area contributed by atoms with Gasteiger partial charge in [-0.3, -0.25) is 9.59 Å². The Morgan fingerprint density at radius 1 is 0.903 bits per heavy atom. The van der Waals surface area contributed by atoms with Gasteiger partial charge in [0.2, 0.25) is 0 Å². The first-order valence-corrected chi connectivity index (χ1v) is 11.1. The summed E-state index contributed by atoms with van der Waals surface area (Å²) in [6.45, 7) is 11.4. The molecule has 2 aromatic rings. The monoisotopic (exact) mass is 416 g/mol. The lowest BCUT2D eigenvalue weighted by atomic mass is 9.62. The third kappa shape index (κ3) is 3.62.